The third-order valence-electron chi connectivity index (χ3n) is 4.09. The number of carbonyl (C=O) groups excluding carboxylic acids is 1. The summed E-state index contributed by atoms with van der Waals surface area (Å²) in [6.45, 7) is 4.91. The molecule has 2 atom stereocenters. The standard InChI is InChI=1S/C16H22FNO3/c1-4-16(2)10-12(7-8-21-16)18-11-5-6-14(17)13(9-11)15(19)20-3/h5-6,9,12,18H,4,7-8,10H2,1-3H3. The molecule has 2 unspecified atom stereocenters. The van der Waals surface area contributed by atoms with E-state index in [0.29, 0.717) is 6.61 Å². The van der Waals surface area contributed by atoms with E-state index in [1.807, 2.05) is 0 Å². The van der Waals surface area contributed by atoms with E-state index in [0.717, 1.165) is 24.9 Å². The van der Waals surface area contributed by atoms with Crippen LogP contribution in [0.25, 0.3) is 0 Å². The first-order valence-electron chi connectivity index (χ1n) is 7.26. The van der Waals surface area contributed by atoms with Crippen molar-refractivity contribution in [2.24, 2.45) is 0 Å². The molecule has 1 N–H and O–H groups in total. The van der Waals surface area contributed by atoms with E-state index in [2.05, 4.69) is 23.9 Å². The number of methoxy groups -OCH3 is 1. The third-order valence-corrected chi connectivity index (χ3v) is 4.09. The molecule has 0 saturated carbocycles. The van der Waals surface area contributed by atoms with Crippen molar-refractivity contribution in [1.29, 1.82) is 0 Å². The number of carbonyl (C=O) groups is 1. The highest BCUT2D eigenvalue weighted by Crippen LogP contribution is 2.29. The lowest BCUT2D eigenvalue weighted by molar-refractivity contribution is -0.0708. The molecule has 1 saturated heterocycles. The second kappa shape index (κ2) is 6.43. The van der Waals surface area contributed by atoms with Gasteiger partial charge in [-0.15, -0.1) is 0 Å². The van der Waals surface area contributed by atoms with Crippen LogP contribution in [0, 0.1) is 5.82 Å². The number of anilines is 1. The zero-order valence-corrected chi connectivity index (χ0v) is 12.7. The van der Waals surface area contributed by atoms with Crippen molar-refractivity contribution >= 4 is 11.7 Å². The molecule has 0 aliphatic carbocycles. The molecule has 2 rings (SSSR count). The quantitative estimate of drug-likeness (QED) is 0.865. The summed E-state index contributed by atoms with van der Waals surface area (Å²) < 4.78 is 24.0. The van der Waals surface area contributed by atoms with Gasteiger partial charge in [-0.2, -0.15) is 0 Å². The smallest absolute Gasteiger partial charge is 0.340 e. The van der Waals surface area contributed by atoms with Crippen LogP contribution in [0.15, 0.2) is 18.2 Å². The van der Waals surface area contributed by atoms with Crippen LogP contribution in [0.5, 0.6) is 0 Å². The molecule has 0 aromatic heterocycles. The minimum atomic E-state index is -0.665. The van der Waals surface area contributed by atoms with Gasteiger partial charge < -0.3 is 14.8 Å². The Balaban J connectivity index is 2.11. The van der Waals surface area contributed by atoms with E-state index < -0.39 is 11.8 Å². The fraction of sp³-hybridized carbons (Fsp3) is 0.562. The van der Waals surface area contributed by atoms with Gasteiger partial charge in [0.15, 0.2) is 0 Å². The number of nitrogens with one attached hydrogen (secondary N) is 1. The zero-order chi connectivity index (χ0) is 15.5. The van der Waals surface area contributed by atoms with Gasteiger partial charge in [0.2, 0.25) is 0 Å². The van der Waals surface area contributed by atoms with E-state index in [1.54, 1.807) is 6.07 Å². The number of halogens is 1. The fourth-order valence-corrected chi connectivity index (χ4v) is 2.62. The molecule has 1 heterocycles. The molecule has 1 fully saturated rings. The monoisotopic (exact) mass is 295 g/mol. The average Bonchev–Trinajstić information content (AvgIpc) is 2.48. The summed E-state index contributed by atoms with van der Waals surface area (Å²) in [5, 5.41) is 3.36. The van der Waals surface area contributed by atoms with E-state index in [4.69, 9.17) is 4.74 Å². The zero-order valence-electron chi connectivity index (χ0n) is 12.7. The van der Waals surface area contributed by atoms with Crippen LogP contribution in [0.1, 0.15) is 43.5 Å². The van der Waals surface area contributed by atoms with Gasteiger partial charge in [-0.25, -0.2) is 9.18 Å². The Morgan fingerprint density at radius 2 is 2.33 bits per heavy atom. The van der Waals surface area contributed by atoms with Gasteiger partial charge in [-0.05, 0) is 44.4 Å². The molecule has 1 aliphatic heterocycles. The van der Waals surface area contributed by atoms with Crippen molar-refractivity contribution in [3.63, 3.8) is 0 Å². The number of ether oxygens (including phenoxy) is 2. The van der Waals surface area contributed by atoms with Gasteiger partial charge in [-0.3, -0.25) is 0 Å². The van der Waals surface area contributed by atoms with E-state index in [1.165, 1.54) is 19.2 Å². The summed E-state index contributed by atoms with van der Waals surface area (Å²) in [7, 11) is 1.24. The molecular weight excluding hydrogens is 273 g/mol. The summed E-state index contributed by atoms with van der Waals surface area (Å²) in [6.07, 6.45) is 2.72. The van der Waals surface area contributed by atoms with Crippen LogP contribution >= 0.6 is 0 Å². The Kier molecular flexibility index (Phi) is 4.83. The highest BCUT2D eigenvalue weighted by molar-refractivity contribution is 5.90. The van der Waals surface area contributed by atoms with Crippen LogP contribution < -0.4 is 5.32 Å². The maximum absolute atomic E-state index is 13.6. The number of esters is 1. The Morgan fingerprint density at radius 3 is 3.00 bits per heavy atom. The first-order valence-corrected chi connectivity index (χ1v) is 7.26. The van der Waals surface area contributed by atoms with Gasteiger partial charge in [-0.1, -0.05) is 6.92 Å². The third kappa shape index (κ3) is 3.73. The summed E-state index contributed by atoms with van der Waals surface area (Å²) in [5.41, 5.74) is 0.552. The molecule has 4 nitrogen and oxygen atoms in total. The molecule has 0 spiro atoms. The minimum Gasteiger partial charge on any atom is -0.465 e. The van der Waals surface area contributed by atoms with Crippen molar-refractivity contribution in [1.82, 2.24) is 0 Å². The molecule has 1 aromatic rings. The highest BCUT2D eigenvalue weighted by atomic mass is 19.1. The summed E-state index contributed by atoms with van der Waals surface area (Å²) in [6, 6.07) is 4.67. The molecule has 1 aromatic carbocycles. The second-order valence-electron chi connectivity index (χ2n) is 5.67. The van der Waals surface area contributed by atoms with Crippen molar-refractivity contribution in [2.75, 3.05) is 19.0 Å². The molecular formula is C16H22FNO3. The largest absolute Gasteiger partial charge is 0.465 e. The first-order chi connectivity index (χ1) is 9.97. The molecule has 0 bridgehead atoms. The topological polar surface area (TPSA) is 47.6 Å². The van der Waals surface area contributed by atoms with E-state index >= 15 is 0 Å². The molecule has 0 amide bonds. The Labute approximate surface area is 124 Å². The molecule has 21 heavy (non-hydrogen) atoms. The van der Waals surface area contributed by atoms with Gasteiger partial charge in [0, 0.05) is 18.3 Å². The van der Waals surface area contributed by atoms with E-state index in [9.17, 15) is 9.18 Å². The number of hydrogen-bond donors (Lipinski definition) is 1. The highest BCUT2D eigenvalue weighted by Gasteiger charge is 2.31. The number of hydrogen-bond acceptors (Lipinski definition) is 4. The van der Waals surface area contributed by atoms with Crippen molar-refractivity contribution in [3.05, 3.63) is 29.6 Å². The van der Waals surface area contributed by atoms with Gasteiger partial charge >= 0.3 is 5.97 Å². The van der Waals surface area contributed by atoms with Crippen LogP contribution in [0.3, 0.4) is 0 Å². The maximum Gasteiger partial charge on any atom is 0.340 e. The Hall–Kier alpha value is -1.62. The number of benzene rings is 1. The fourth-order valence-electron chi connectivity index (χ4n) is 2.62. The van der Waals surface area contributed by atoms with Crippen molar-refractivity contribution < 1.29 is 18.7 Å². The molecule has 116 valence electrons. The normalized spacial score (nSPS) is 25.4. The van der Waals surface area contributed by atoms with Crippen molar-refractivity contribution in [2.45, 2.75) is 44.8 Å². The lowest BCUT2D eigenvalue weighted by Crippen LogP contribution is -2.41. The number of rotatable bonds is 4. The summed E-state index contributed by atoms with van der Waals surface area (Å²) in [4.78, 5) is 11.5. The van der Waals surface area contributed by atoms with Crippen LogP contribution in [-0.4, -0.2) is 31.3 Å². The average molecular weight is 295 g/mol. The molecule has 1 aliphatic rings. The maximum atomic E-state index is 13.6. The summed E-state index contributed by atoms with van der Waals surface area (Å²) >= 11 is 0. The lowest BCUT2D eigenvalue weighted by Gasteiger charge is -2.38. The predicted octanol–water partition coefficient (Wildman–Crippen LogP) is 3.37. The Bertz CT molecular complexity index is 520. The predicted molar refractivity (Wildman–Crippen MR) is 79.0 cm³/mol. The van der Waals surface area contributed by atoms with Crippen LogP contribution in [0.4, 0.5) is 10.1 Å². The van der Waals surface area contributed by atoms with Gasteiger partial charge in [0.1, 0.15) is 5.82 Å². The molecule has 5 heteroatoms. The van der Waals surface area contributed by atoms with E-state index in [-0.39, 0.29) is 17.2 Å². The SMILES string of the molecule is CCC1(C)CC(Nc2ccc(F)c(C(=O)OC)c2)CCO1. The minimum absolute atomic E-state index is 0.0483. The summed E-state index contributed by atoms with van der Waals surface area (Å²) in [5.74, 6) is -1.24. The van der Waals surface area contributed by atoms with Crippen LogP contribution in [0.2, 0.25) is 0 Å². The van der Waals surface area contributed by atoms with Crippen LogP contribution in [-0.2, 0) is 9.47 Å². The van der Waals surface area contributed by atoms with Crippen molar-refractivity contribution in [3.8, 4) is 0 Å². The second-order valence-corrected chi connectivity index (χ2v) is 5.67. The first kappa shape index (κ1) is 15.8. The lowest BCUT2D eigenvalue weighted by atomic mass is 9.90. The Morgan fingerprint density at radius 1 is 1.57 bits per heavy atom. The van der Waals surface area contributed by atoms with Gasteiger partial charge in [0.05, 0.1) is 18.3 Å². The molecule has 0 radical (unpaired) electrons. The van der Waals surface area contributed by atoms with Gasteiger partial charge in [0.25, 0.3) is 0 Å².